The second-order valence-electron chi connectivity index (χ2n) is 3.77. The number of H-pyrrole nitrogens is 1. The molecule has 0 bridgehead atoms. The Bertz CT molecular complexity index is 441. The zero-order chi connectivity index (χ0) is 11.9. The van der Waals surface area contributed by atoms with Gasteiger partial charge in [-0.15, -0.1) is 0 Å². The molecule has 0 amide bonds. The lowest BCUT2D eigenvalue weighted by Gasteiger charge is -2.04. The summed E-state index contributed by atoms with van der Waals surface area (Å²) in [6.07, 6.45) is 6.14. The summed E-state index contributed by atoms with van der Waals surface area (Å²) in [5, 5.41) is 19.0. The van der Waals surface area contributed by atoms with E-state index in [9.17, 15) is 0 Å². The van der Waals surface area contributed by atoms with E-state index < -0.39 is 0 Å². The van der Waals surface area contributed by atoms with Gasteiger partial charge in [0, 0.05) is 36.7 Å². The van der Waals surface area contributed by atoms with Crippen LogP contribution in [0.5, 0.6) is 0 Å². The topological polar surface area (TPSA) is 73.8 Å². The average molecular weight is 232 g/mol. The van der Waals surface area contributed by atoms with E-state index in [2.05, 4.69) is 20.5 Å². The van der Waals surface area contributed by atoms with Crippen molar-refractivity contribution in [3.8, 4) is 11.3 Å². The van der Waals surface area contributed by atoms with E-state index >= 15 is 0 Å². The highest BCUT2D eigenvalue weighted by atomic mass is 16.3. The number of aromatic nitrogens is 3. The Morgan fingerprint density at radius 1 is 1.35 bits per heavy atom. The predicted octanol–water partition coefficient (Wildman–Crippen LogP) is 0.944. The van der Waals surface area contributed by atoms with E-state index in [1.807, 2.05) is 24.5 Å². The third kappa shape index (κ3) is 3.12. The highest BCUT2D eigenvalue weighted by molar-refractivity contribution is 5.61. The molecule has 17 heavy (non-hydrogen) atoms. The monoisotopic (exact) mass is 232 g/mol. The number of aromatic amines is 1. The van der Waals surface area contributed by atoms with Crippen molar-refractivity contribution in [2.24, 2.45) is 0 Å². The van der Waals surface area contributed by atoms with Gasteiger partial charge in [0.15, 0.2) is 0 Å². The van der Waals surface area contributed by atoms with Crippen LogP contribution < -0.4 is 5.32 Å². The van der Waals surface area contributed by atoms with Crippen molar-refractivity contribution in [3.05, 3.63) is 36.3 Å². The van der Waals surface area contributed by atoms with E-state index in [4.69, 9.17) is 5.11 Å². The molecule has 0 radical (unpaired) electrons. The first kappa shape index (κ1) is 11.8. The van der Waals surface area contributed by atoms with Crippen LogP contribution in [0.2, 0.25) is 0 Å². The van der Waals surface area contributed by atoms with Crippen molar-refractivity contribution in [2.75, 3.05) is 13.2 Å². The number of nitrogens with one attached hydrogen (secondary N) is 2. The van der Waals surface area contributed by atoms with E-state index in [0.717, 1.165) is 36.3 Å². The molecule has 3 N–H and O–H groups in total. The fourth-order valence-corrected chi connectivity index (χ4v) is 1.63. The van der Waals surface area contributed by atoms with Crippen LogP contribution in [0, 0.1) is 0 Å². The molecule has 0 spiro atoms. The zero-order valence-electron chi connectivity index (χ0n) is 9.56. The highest BCUT2D eigenvalue weighted by Crippen LogP contribution is 2.19. The van der Waals surface area contributed by atoms with Gasteiger partial charge in [-0.2, -0.15) is 5.10 Å². The van der Waals surface area contributed by atoms with Gasteiger partial charge in [0.1, 0.15) is 0 Å². The van der Waals surface area contributed by atoms with Gasteiger partial charge in [-0.05, 0) is 25.1 Å². The van der Waals surface area contributed by atoms with Gasteiger partial charge >= 0.3 is 0 Å². The molecule has 5 nitrogen and oxygen atoms in total. The van der Waals surface area contributed by atoms with Gasteiger partial charge < -0.3 is 10.4 Å². The standard InChI is InChI=1S/C12H16N4O/c17-6-2-5-14-8-11-9-15-16-12(11)10-3-1-4-13-7-10/h1,3-4,7,9,14,17H,2,5-6,8H2,(H,15,16). The Balaban J connectivity index is 2.02. The SMILES string of the molecule is OCCCNCc1cn[nH]c1-c1cccnc1. The van der Waals surface area contributed by atoms with Crippen molar-refractivity contribution in [1.82, 2.24) is 20.5 Å². The molecule has 90 valence electrons. The van der Waals surface area contributed by atoms with Crippen LogP contribution in [0.3, 0.4) is 0 Å². The third-order valence-electron chi connectivity index (χ3n) is 2.50. The molecule has 2 rings (SSSR count). The Hall–Kier alpha value is -1.72. The number of hydrogen-bond donors (Lipinski definition) is 3. The molecule has 0 aliphatic rings. The number of aliphatic hydroxyl groups excluding tert-OH is 1. The molecule has 0 fully saturated rings. The molecule has 0 saturated carbocycles. The first-order valence-corrected chi connectivity index (χ1v) is 5.66. The summed E-state index contributed by atoms with van der Waals surface area (Å²) in [5.74, 6) is 0. The van der Waals surface area contributed by atoms with Gasteiger partial charge in [-0.1, -0.05) is 0 Å². The van der Waals surface area contributed by atoms with Gasteiger partial charge in [0.05, 0.1) is 11.9 Å². The summed E-state index contributed by atoms with van der Waals surface area (Å²) >= 11 is 0. The minimum Gasteiger partial charge on any atom is -0.396 e. The number of rotatable bonds is 6. The van der Waals surface area contributed by atoms with E-state index in [-0.39, 0.29) is 6.61 Å². The molecule has 2 heterocycles. The Morgan fingerprint density at radius 2 is 2.29 bits per heavy atom. The van der Waals surface area contributed by atoms with Crippen molar-refractivity contribution in [2.45, 2.75) is 13.0 Å². The first-order valence-electron chi connectivity index (χ1n) is 5.66. The van der Waals surface area contributed by atoms with Crippen LogP contribution in [-0.2, 0) is 6.54 Å². The molecule has 0 aliphatic heterocycles. The van der Waals surface area contributed by atoms with E-state index in [1.165, 1.54) is 0 Å². The van der Waals surface area contributed by atoms with Crippen LogP contribution in [0.25, 0.3) is 11.3 Å². The largest absolute Gasteiger partial charge is 0.396 e. The quantitative estimate of drug-likeness (QED) is 0.648. The van der Waals surface area contributed by atoms with E-state index in [0.29, 0.717) is 0 Å². The van der Waals surface area contributed by atoms with Gasteiger partial charge in [0.2, 0.25) is 0 Å². The third-order valence-corrected chi connectivity index (χ3v) is 2.50. The maximum atomic E-state index is 8.69. The average Bonchev–Trinajstić information content (AvgIpc) is 2.84. The second-order valence-corrected chi connectivity index (χ2v) is 3.77. The minimum absolute atomic E-state index is 0.216. The minimum atomic E-state index is 0.216. The lowest BCUT2D eigenvalue weighted by molar-refractivity contribution is 0.286. The molecule has 5 heteroatoms. The van der Waals surface area contributed by atoms with Crippen LogP contribution in [0.4, 0.5) is 0 Å². The fourth-order valence-electron chi connectivity index (χ4n) is 1.63. The number of pyridine rings is 1. The summed E-state index contributed by atoms with van der Waals surface area (Å²) in [4.78, 5) is 4.09. The maximum Gasteiger partial charge on any atom is 0.0710 e. The van der Waals surface area contributed by atoms with Crippen LogP contribution >= 0.6 is 0 Å². The number of nitrogens with zero attached hydrogens (tertiary/aromatic N) is 2. The summed E-state index contributed by atoms with van der Waals surface area (Å²) in [5.41, 5.74) is 3.13. The lowest BCUT2D eigenvalue weighted by atomic mass is 10.1. The molecule has 0 unspecified atom stereocenters. The Kier molecular flexibility index (Phi) is 4.23. The van der Waals surface area contributed by atoms with Crippen LogP contribution in [0.15, 0.2) is 30.7 Å². The Labute approximate surface area is 99.9 Å². The predicted molar refractivity (Wildman–Crippen MR) is 65.2 cm³/mol. The second kappa shape index (κ2) is 6.12. The summed E-state index contributed by atoms with van der Waals surface area (Å²) < 4.78 is 0. The normalized spacial score (nSPS) is 10.6. The molecule has 2 aromatic rings. The summed E-state index contributed by atoms with van der Waals surface area (Å²) in [6.45, 7) is 1.75. The first-order chi connectivity index (χ1) is 8.42. The lowest BCUT2D eigenvalue weighted by Crippen LogP contribution is -2.15. The fraction of sp³-hybridized carbons (Fsp3) is 0.333. The van der Waals surface area contributed by atoms with Gasteiger partial charge in [-0.3, -0.25) is 10.1 Å². The van der Waals surface area contributed by atoms with E-state index in [1.54, 1.807) is 6.20 Å². The van der Waals surface area contributed by atoms with Crippen LogP contribution in [-0.4, -0.2) is 33.4 Å². The summed E-state index contributed by atoms with van der Waals surface area (Å²) in [6, 6.07) is 3.90. The van der Waals surface area contributed by atoms with Crippen LogP contribution in [0.1, 0.15) is 12.0 Å². The molecule has 0 aliphatic carbocycles. The molecule has 2 aromatic heterocycles. The Morgan fingerprint density at radius 3 is 3.06 bits per heavy atom. The molecule has 0 aromatic carbocycles. The number of hydrogen-bond acceptors (Lipinski definition) is 4. The summed E-state index contributed by atoms with van der Waals surface area (Å²) in [7, 11) is 0. The molecular weight excluding hydrogens is 216 g/mol. The van der Waals surface area contributed by atoms with Gasteiger partial charge in [0.25, 0.3) is 0 Å². The number of aliphatic hydroxyl groups is 1. The smallest absolute Gasteiger partial charge is 0.0710 e. The molecular formula is C12H16N4O. The van der Waals surface area contributed by atoms with Crippen molar-refractivity contribution < 1.29 is 5.11 Å². The molecule has 0 saturated heterocycles. The van der Waals surface area contributed by atoms with Crippen molar-refractivity contribution in [3.63, 3.8) is 0 Å². The highest BCUT2D eigenvalue weighted by Gasteiger charge is 2.06. The van der Waals surface area contributed by atoms with Crippen molar-refractivity contribution >= 4 is 0 Å². The maximum absolute atomic E-state index is 8.69. The zero-order valence-corrected chi connectivity index (χ0v) is 9.56. The van der Waals surface area contributed by atoms with Gasteiger partial charge in [-0.25, -0.2) is 0 Å². The molecule has 0 atom stereocenters. The van der Waals surface area contributed by atoms with Crippen molar-refractivity contribution in [1.29, 1.82) is 0 Å².